The quantitative estimate of drug-likeness (QED) is 0.0212. The van der Waals surface area contributed by atoms with Crippen molar-refractivity contribution in [3.63, 3.8) is 0 Å². The number of anilines is 2. The van der Waals surface area contributed by atoms with E-state index in [4.69, 9.17) is 18.9 Å². The molecule has 132 heavy (non-hydrogen) atoms. The number of imide groups is 2. The first-order valence-electron chi connectivity index (χ1n) is 42.4. The standard InChI is InChI=1S/C106H78N2O20S4/c1-55(2)67-27-19-28-68(56(3)4)101(67)107-103(109)75-45-43-73-91-74(44-46-76(92(75)91)104(107)110)96-88(128-86-48-42-66(132(122,123)124)50-78(86)62-35-39-64(40-36-62)130(116,117)118)52-80-93-79(51-87(95(73)99(93)96)127-85-47-41-65(131(119,120)121)49-77(85)61-33-37-63(38-34-61)129(113,114)115)97-89(125-83-31-17-15-25-71(83)59-21-11-9-12-22-59)53-81-94-82(106(112)108(105(81)111)102-69(57(5)6)29-20-30-70(102)58(7)8)54-90(98(80)100(94)97)126-84-32-18-16-26-72(84)60-23-13-10-14-24-60/h9-58H,1-8H3,(H,113,114,115)(H,116,117,118)(H,119,120,121)(H,122,123,124). The second-order valence-corrected chi connectivity index (χ2v) is 39.9. The maximum Gasteiger partial charge on any atom is 0.294 e. The van der Waals surface area contributed by atoms with Gasteiger partial charge < -0.3 is 18.9 Å². The van der Waals surface area contributed by atoms with Gasteiger partial charge in [-0.1, -0.05) is 225 Å². The van der Waals surface area contributed by atoms with Crippen LogP contribution in [0.15, 0.2) is 299 Å². The maximum atomic E-state index is 17.1. The number of ether oxygens (including phenoxy) is 4. The monoisotopic (exact) mass is 1830 g/mol. The van der Waals surface area contributed by atoms with Crippen molar-refractivity contribution in [2.24, 2.45) is 0 Å². The Hall–Kier alpha value is -14.6. The van der Waals surface area contributed by atoms with Gasteiger partial charge in [0.25, 0.3) is 64.1 Å². The predicted molar refractivity (Wildman–Crippen MR) is 510 cm³/mol. The van der Waals surface area contributed by atoms with Gasteiger partial charge >= 0.3 is 0 Å². The molecule has 0 atom stereocenters. The first-order chi connectivity index (χ1) is 63.0. The molecule has 26 heteroatoms. The topological polar surface area (TPSA) is 329 Å². The Labute approximate surface area is 758 Å². The maximum absolute atomic E-state index is 17.1. The summed E-state index contributed by atoms with van der Waals surface area (Å²) in [5.41, 5.74) is 6.51. The number of hydrogen-bond acceptors (Lipinski definition) is 16. The average Bonchev–Trinajstić information content (AvgIpc) is 0.664. The Balaban J connectivity index is 1.02. The molecule has 0 saturated carbocycles. The highest BCUT2D eigenvalue weighted by molar-refractivity contribution is 7.86. The van der Waals surface area contributed by atoms with Gasteiger partial charge in [-0.2, -0.15) is 33.7 Å². The van der Waals surface area contributed by atoms with E-state index in [0.717, 1.165) is 70.8 Å². The third-order valence-corrected chi connectivity index (χ3v) is 28.5. The van der Waals surface area contributed by atoms with Crippen molar-refractivity contribution in [2.45, 2.75) is 98.6 Å². The van der Waals surface area contributed by atoms with Crippen molar-refractivity contribution >= 4 is 151 Å². The number of nitrogens with zero attached hydrogens (tertiary/aromatic N) is 2. The van der Waals surface area contributed by atoms with E-state index in [1.54, 1.807) is 72.8 Å². The first kappa shape index (κ1) is 85.5. The van der Waals surface area contributed by atoms with E-state index in [-0.39, 0.29) is 173 Å². The van der Waals surface area contributed by atoms with Gasteiger partial charge in [0.05, 0.1) is 42.1 Å². The highest BCUT2D eigenvalue weighted by atomic mass is 32.2. The number of amides is 4. The van der Waals surface area contributed by atoms with Crippen LogP contribution in [0.5, 0.6) is 46.0 Å². The number of carbonyl (C=O) groups excluding carboxylic acids is 4. The summed E-state index contributed by atoms with van der Waals surface area (Å²) in [5.74, 6) is -3.57. The molecule has 4 amide bonds. The minimum atomic E-state index is -5.08. The second kappa shape index (κ2) is 31.6. The molecule has 656 valence electrons. The molecule has 22 nitrogen and oxygen atoms in total. The molecule has 4 N–H and O–H groups in total. The number of carbonyl (C=O) groups is 4. The Kier molecular flexibility index (Phi) is 20.5. The molecule has 0 fully saturated rings. The molecule has 0 radical (unpaired) electrons. The van der Waals surface area contributed by atoms with Crippen LogP contribution in [-0.2, 0) is 40.5 Å². The minimum Gasteiger partial charge on any atom is -0.456 e. The zero-order chi connectivity index (χ0) is 92.5. The van der Waals surface area contributed by atoms with Crippen LogP contribution >= 0.6 is 0 Å². The highest BCUT2D eigenvalue weighted by Gasteiger charge is 2.44. The molecule has 2 aliphatic heterocycles. The van der Waals surface area contributed by atoms with Gasteiger partial charge in [-0.25, -0.2) is 9.80 Å². The lowest BCUT2D eigenvalue weighted by Crippen LogP contribution is -2.42. The molecule has 0 aliphatic carbocycles. The molecule has 0 saturated heterocycles. The summed E-state index contributed by atoms with van der Waals surface area (Å²) in [7, 11) is -19.9. The lowest BCUT2D eigenvalue weighted by molar-refractivity contribution is 0.0877. The Morgan fingerprint density at radius 1 is 0.220 bits per heavy atom. The molecule has 18 aromatic carbocycles. The third-order valence-electron chi connectivity index (χ3n) is 25.0. The fraction of sp³-hybridized carbons (Fsp3) is 0.113. The van der Waals surface area contributed by atoms with Crippen LogP contribution in [0.2, 0.25) is 0 Å². The van der Waals surface area contributed by atoms with E-state index in [9.17, 15) is 51.9 Å². The number of rotatable bonds is 22. The van der Waals surface area contributed by atoms with Crippen molar-refractivity contribution in [1.82, 2.24) is 0 Å². The summed E-state index contributed by atoms with van der Waals surface area (Å²) in [6.45, 7) is 15.8. The second-order valence-electron chi connectivity index (χ2n) is 34.2. The average molecular weight is 1830 g/mol. The van der Waals surface area contributed by atoms with Gasteiger partial charge in [-0.15, -0.1) is 0 Å². The largest absolute Gasteiger partial charge is 0.456 e. The molecule has 0 spiro atoms. The van der Waals surface area contributed by atoms with Crippen LogP contribution in [0.4, 0.5) is 11.4 Å². The van der Waals surface area contributed by atoms with Crippen molar-refractivity contribution in [3.05, 3.63) is 324 Å². The van der Waals surface area contributed by atoms with Gasteiger partial charge in [-0.3, -0.25) is 37.4 Å². The lowest BCUT2D eigenvalue weighted by Gasteiger charge is -2.34. The molecule has 0 aromatic heterocycles. The van der Waals surface area contributed by atoms with E-state index in [2.05, 4.69) is 0 Å². The van der Waals surface area contributed by atoms with Crippen LogP contribution in [0, 0.1) is 0 Å². The van der Waals surface area contributed by atoms with Crippen LogP contribution in [0.1, 0.15) is 143 Å². The Morgan fingerprint density at radius 2 is 0.500 bits per heavy atom. The van der Waals surface area contributed by atoms with Gasteiger partial charge in [-0.05, 0) is 210 Å². The van der Waals surface area contributed by atoms with Gasteiger partial charge in [0.2, 0.25) is 0 Å². The molecule has 2 heterocycles. The van der Waals surface area contributed by atoms with Crippen molar-refractivity contribution in [2.75, 3.05) is 9.80 Å². The van der Waals surface area contributed by atoms with E-state index in [1.165, 1.54) is 46.2 Å². The zero-order valence-corrected chi connectivity index (χ0v) is 75.0. The van der Waals surface area contributed by atoms with E-state index >= 15 is 19.2 Å². The van der Waals surface area contributed by atoms with E-state index in [1.807, 2.05) is 177 Å². The summed E-state index contributed by atoms with van der Waals surface area (Å²) >= 11 is 0. The number of benzene rings is 18. The van der Waals surface area contributed by atoms with Crippen LogP contribution in [0.3, 0.4) is 0 Å². The fourth-order valence-electron chi connectivity index (χ4n) is 19.1. The molecule has 0 bridgehead atoms. The minimum absolute atomic E-state index is 0.0000966. The highest BCUT2D eigenvalue weighted by Crippen LogP contribution is 2.61. The summed E-state index contributed by atoms with van der Waals surface area (Å²) in [4.78, 5) is 67.1. The van der Waals surface area contributed by atoms with Crippen LogP contribution < -0.4 is 28.7 Å². The lowest BCUT2D eigenvalue weighted by atomic mass is 9.79. The summed E-state index contributed by atoms with van der Waals surface area (Å²) in [6.07, 6.45) is 0. The molecular weight excluding hydrogens is 1750 g/mol. The zero-order valence-electron chi connectivity index (χ0n) is 71.7. The number of fused-ring (bicyclic) bond motifs is 4. The molecule has 18 aromatic rings. The van der Waals surface area contributed by atoms with Crippen molar-refractivity contribution < 1.29 is 90.0 Å². The molecule has 20 rings (SSSR count). The Morgan fingerprint density at radius 3 is 0.848 bits per heavy atom. The van der Waals surface area contributed by atoms with Gasteiger partial charge in [0.15, 0.2) is 0 Å². The summed E-state index contributed by atoms with van der Waals surface area (Å²) in [6, 6.07) is 74.8. The summed E-state index contributed by atoms with van der Waals surface area (Å²) in [5, 5.41) is 3.36. The van der Waals surface area contributed by atoms with Gasteiger partial charge in [0.1, 0.15) is 46.0 Å². The normalized spacial score (nSPS) is 13.4. The van der Waals surface area contributed by atoms with Crippen LogP contribution in [-0.4, -0.2) is 75.5 Å². The number of para-hydroxylation sites is 4. The SMILES string of the molecule is CC(C)c1cccc(C(C)C)c1N1C(=O)c2ccc3c4c(Oc5ccc(S(=O)(=O)O)cc5-c5ccc(S(=O)(=O)O)cc5)cc5c6c(Oc7ccccc7-c7ccccc7)cc7c8c(cc(Oc9ccccc9-c9ccccc9)c(c9cc(Oc%10ccc(S(=O)(=O)O)cc%10-c%10ccc(S(=O)(=O)O)cc%10)c(c%10ccc(c2c3%10)C1=O)c4c59)c86)C(=O)N(c1c(C(C)C)cccc1C(C)C)C7=O. The number of hydrogen-bond donors (Lipinski definition) is 4. The van der Waals surface area contributed by atoms with Crippen LogP contribution in [0.25, 0.3) is 120 Å². The predicted octanol–water partition coefficient (Wildman–Crippen LogP) is 25.6. The third kappa shape index (κ3) is 14.1. The van der Waals surface area contributed by atoms with E-state index < -0.39 is 83.7 Å². The first-order valence-corrected chi connectivity index (χ1v) is 48.2. The summed E-state index contributed by atoms with van der Waals surface area (Å²) < 4.78 is 179. The smallest absolute Gasteiger partial charge is 0.294 e. The molecular formula is C106H78N2O20S4. The molecule has 0 unspecified atom stereocenters. The Bertz CT molecular complexity index is 8070. The molecule has 2 aliphatic rings. The van der Waals surface area contributed by atoms with Gasteiger partial charge in [0, 0.05) is 76.5 Å². The van der Waals surface area contributed by atoms with Crippen molar-refractivity contribution in [3.8, 4) is 90.5 Å². The van der Waals surface area contributed by atoms with E-state index in [0.29, 0.717) is 49.8 Å². The fourth-order valence-corrected chi connectivity index (χ4v) is 21.0. The van der Waals surface area contributed by atoms with Crippen molar-refractivity contribution in [1.29, 1.82) is 0 Å².